The Morgan fingerprint density at radius 1 is 0.333 bits per heavy atom. The van der Waals surface area contributed by atoms with E-state index in [9.17, 15) is 0 Å². The van der Waals surface area contributed by atoms with Gasteiger partial charge < -0.3 is 0 Å². The summed E-state index contributed by atoms with van der Waals surface area (Å²) in [7, 11) is 0. The standard InChI is InChI=1S/C49H32N2/c1-4-16-41-33(10-1)13-7-19-44(41)36-22-24-38(25-23-36)49-50-47-32-39(46-21-9-15-35-12-3-6-18-43(35)46)28-31-48(47)51(49)40-29-26-37(27-30-40)45-20-8-14-34-11-2-5-17-42(34)45/h1-32H. The number of hydrogen-bond acceptors (Lipinski definition) is 1. The second-order valence-electron chi connectivity index (χ2n) is 13.2. The van der Waals surface area contributed by atoms with Gasteiger partial charge in [0.2, 0.25) is 0 Å². The summed E-state index contributed by atoms with van der Waals surface area (Å²) in [6.07, 6.45) is 0. The fraction of sp³-hybridized carbons (Fsp3) is 0. The third-order valence-corrected chi connectivity index (χ3v) is 10.2. The monoisotopic (exact) mass is 648 g/mol. The maximum absolute atomic E-state index is 5.36. The summed E-state index contributed by atoms with van der Waals surface area (Å²) in [6, 6.07) is 69.8. The summed E-state index contributed by atoms with van der Waals surface area (Å²) >= 11 is 0. The Balaban J connectivity index is 1.12. The molecule has 10 rings (SSSR count). The zero-order chi connectivity index (χ0) is 33.7. The molecule has 2 heteroatoms. The Bertz CT molecular complexity index is 2880. The second-order valence-corrected chi connectivity index (χ2v) is 13.2. The van der Waals surface area contributed by atoms with Crippen molar-refractivity contribution in [3.63, 3.8) is 0 Å². The van der Waals surface area contributed by atoms with Gasteiger partial charge >= 0.3 is 0 Å². The fourth-order valence-electron chi connectivity index (χ4n) is 7.72. The van der Waals surface area contributed by atoms with Crippen molar-refractivity contribution < 1.29 is 0 Å². The summed E-state index contributed by atoms with van der Waals surface area (Å²) in [4.78, 5) is 5.36. The lowest BCUT2D eigenvalue weighted by Crippen LogP contribution is -1.98. The van der Waals surface area contributed by atoms with Crippen LogP contribution in [0.4, 0.5) is 0 Å². The van der Waals surface area contributed by atoms with Crippen molar-refractivity contribution >= 4 is 43.4 Å². The van der Waals surface area contributed by atoms with Crippen molar-refractivity contribution in [3.8, 4) is 50.5 Å². The minimum Gasteiger partial charge on any atom is -0.292 e. The minimum absolute atomic E-state index is 0.919. The molecule has 10 aromatic rings. The molecule has 0 aliphatic rings. The van der Waals surface area contributed by atoms with E-state index in [0.29, 0.717) is 0 Å². The molecule has 51 heavy (non-hydrogen) atoms. The highest BCUT2D eigenvalue weighted by molar-refractivity contribution is 6.00. The van der Waals surface area contributed by atoms with Gasteiger partial charge in [-0.05, 0) is 90.0 Å². The van der Waals surface area contributed by atoms with Crippen LogP contribution in [0.25, 0.3) is 93.8 Å². The van der Waals surface area contributed by atoms with Crippen LogP contribution in [0.1, 0.15) is 0 Å². The first-order chi connectivity index (χ1) is 25.3. The van der Waals surface area contributed by atoms with Gasteiger partial charge in [-0.1, -0.05) is 170 Å². The van der Waals surface area contributed by atoms with Gasteiger partial charge in [0, 0.05) is 11.3 Å². The molecule has 0 saturated heterocycles. The lowest BCUT2D eigenvalue weighted by atomic mass is 9.97. The molecule has 0 radical (unpaired) electrons. The molecule has 238 valence electrons. The molecule has 2 nitrogen and oxygen atoms in total. The first-order valence-corrected chi connectivity index (χ1v) is 17.5. The van der Waals surface area contributed by atoms with Crippen LogP contribution in [-0.4, -0.2) is 9.55 Å². The smallest absolute Gasteiger partial charge is 0.145 e. The summed E-state index contributed by atoms with van der Waals surface area (Å²) in [6.45, 7) is 0. The summed E-state index contributed by atoms with van der Waals surface area (Å²) in [5.41, 5.74) is 11.4. The molecule has 0 N–H and O–H groups in total. The molecule has 1 aromatic heterocycles. The Kier molecular flexibility index (Phi) is 6.85. The molecule has 0 saturated carbocycles. The molecular weight excluding hydrogens is 617 g/mol. The van der Waals surface area contributed by atoms with E-state index in [0.717, 1.165) is 33.7 Å². The maximum Gasteiger partial charge on any atom is 0.145 e. The molecule has 0 amide bonds. The normalized spacial score (nSPS) is 11.5. The van der Waals surface area contributed by atoms with Crippen LogP contribution in [0.2, 0.25) is 0 Å². The predicted octanol–water partition coefficient (Wildman–Crippen LogP) is 13.2. The number of nitrogens with zero attached hydrogens (tertiary/aromatic N) is 2. The maximum atomic E-state index is 5.36. The highest BCUT2D eigenvalue weighted by Gasteiger charge is 2.17. The first-order valence-electron chi connectivity index (χ1n) is 17.5. The Morgan fingerprint density at radius 2 is 0.745 bits per heavy atom. The van der Waals surface area contributed by atoms with Crippen LogP contribution in [-0.2, 0) is 0 Å². The van der Waals surface area contributed by atoms with Gasteiger partial charge in [0.25, 0.3) is 0 Å². The molecule has 0 aliphatic carbocycles. The third-order valence-electron chi connectivity index (χ3n) is 10.2. The molecule has 9 aromatic carbocycles. The Labute approximate surface area is 296 Å². The zero-order valence-corrected chi connectivity index (χ0v) is 27.9. The average Bonchev–Trinajstić information content (AvgIpc) is 3.59. The summed E-state index contributed by atoms with van der Waals surface area (Å²) in [5.74, 6) is 0.919. The van der Waals surface area contributed by atoms with E-state index in [1.165, 1.54) is 60.1 Å². The van der Waals surface area contributed by atoms with E-state index in [2.05, 4.69) is 199 Å². The average molecular weight is 649 g/mol. The SMILES string of the molecule is c1ccc2c(-c3ccc(-c4nc5cc(-c6cccc7ccccc67)ccc5n4-c4ccc(-c5cccc6ccccc56)cc4)cc3)cccc2c1. The van der Waals surface area contributed by atoms with E-state index < -0.39 is 0 Å². The number of imidazole rings is 1. The van der Waals surface area contributed by atoms with Crippen molar-refractivity contribution in [1.82, 2.24) is 9.55 Å². The van der Waals surface area contributed by atoms with E-state index in [4.69, 9.17) is 4.98 Å². The predicted molar refractivity (Wildman–Crippen MR) is 215 cm³/mol. The first kappa shape index (κ1) is 29.2. The molecule has 0 spiro atoms. The second kappa shape index (κ2) is 12.0. The number of hydrogen-bond donors (Lipinski definition) is 0. The van der Waals surface area contributed by atoms with Gasteiger partial charge in [-0.15, -0.1) is 0 Å². The van der Waals surface area contributed by atoms with Crippen molar-refractivity contribution in [3.05, 3.63) is 194 Å². The van der Waals surface area contributed by atoms with Crippen molar-refractivity contribution in [1.29, 1.82) is 0 Å². The topological polar surface area (TPSA) is 17.8 Å². The molecule has 0 aliphatic heterocycles. The summed E-state index contributed by atoms with van der Waals surface area (Å²) < 4.78 is 2.31. The van der Waals surface area contributed by atoms with Crippen molar-refractivity contribution in [2.24, 2.45) is 0 Å². The Morgan fingerprint density at radius 3 is 1.27 bits per heavy atom. The molecule has 0 fully saturated rings. The van der Waals surface area contributed by atoms with Crippen molar-refractivity contribution in [2.45, 2.75) is 0 Å². The van der Waals surface area contributed by atoms with Gasteiger partial charge in [0.05, 0.1) is 11.0 Å². The molecule has 1 heterocycles. The highest BCUT2D eigenvalue weighted by Crippen LogP contribution is 2.37. The van der Waals surface area contributed by atoms with Gasteiger partial charge in [-0.25, -0.2) is 4.98 Å². The number of rotatable bonds is 5. The van der Waals surface area contributed by atoms with Gasteiger partial charge in [-0.3, -0.25) is 4.57 Å². The van der Waals surface area contributed by atoms with Crippen LogP contribution in [0.3, 0.4) is 0 Å². The van der Waals surface area contributed by atoms with Crippen LogP contribution < -0.4 is 0 Å². The fourth-order valence-corrected chi connectivity index (χ4v) is 7.72. The summed E-state index contributed by atoms with van der Waals surface area (Å²) in [5, 5.41) is 7.48. The molecule has 0 atom stereocenters. The van der Waals surface area contributed by atoms with Gasteiger partial charge in [0.1, 0.15) is 5.82 Å². The minimum atomic E-state index is 0.919. The molecule has 0 unspecified atom stereocenters. The Hall–Kier alpha value is -6.77. The van der Waals surface area contributed by atoms with E-state index >= 15 is 0 Å². The van der Waals surface area contributed by atoms with Crippen LogP contribution in [0.15, 0.2) is 194 Å². The van der Waals surface area contributed by atoms with Crippen LogP contribution in [0.5, 0.6) is 0 Å². The van der Waals surface area contributed by atoms with Crippen LogP contribution in [0, 0.1) is 0 Å². The van der Waals surface area contributed by atoms with E-state index in [1.54, 1.807) is 0 Å². The van der Waals surface area contributed by atoms with Gasteiger partial charge in [-0.2, -0.15) is 0 Å². The third kappa shape index (κ3) is 5.00. The highest BCUT2D eigenvalue weighted by atomic mass is 15.1. The van der Waals surface area contributed by atoms with Crippen molar-refractivity contribution in [2.75, 3.05) is 0 Å². The lowest BCUT2D eigenvalue weighted by Gasteiger charge is -2.13. The number of aromatic nitrogens is 2. The van der Waals surface area contributed by atoms with Gasteiger partial charge in [0.15, 0.2) is 0 Å². The number of fused-ring (bicyclic) bond motifs is 4. The largest absolute Gasteiger partial charge is 0.292 e. The van der Waals surface area contributed by atoms with E-state index in [-0.39, 0.29) is 0 Å². The molecule has 0 bridgehead atoms. The number of benzene rings is 9. The van der Waals surface area contributed by atoms with E-state index in [1.807, 2.05) is 0 Å². The zero-order valence-electron chi connectivity index (χ0n) is 27.9. The lowest BCUT2D eigenvalue weighted by molar-refractivity contribution is 1.10. The molecular formula is C49H32N2. The quantitative estimate of drug-likeness (QED) is 0.182. The van der Waals surface area contributed by atoms with Crippen LogP contribution >= 0.6 is 0 Å².